The van der Waals surface area contributed by atoms with Gasteiger partial charge in [0.1, 0.15) is 6.04 Å². The summed E-state index contributed by atoms with van der Waals surface area (Å²) in [6, 6.07) is 12.8. The number of anilines is 1. The summed E-state index contributed by atoms with van der Waals surface area (Å²) in [7, 11) is -3.72. The molecule has 1 atom stereocenters. The maximum Gasteiger partial charge on any atom is 0.246 e. The van der Waals surface area contributed by atoms with Gasteiger partial charge < -0.3 is 9.84 Å². The average Bonchev–Trinajstić information content (AvgIpc) is 3.16. The van der Waals surface area contributed by atoms with Crippen LogP contribution in [0.1, 0.15) is 18.4 Å². The van der Waals surface area contributed by atoms with E-state index in [0.717, 1.165) is 21.7 Å². The van der Waals surface area contributed by atoms with Gasteiger partial charge in [-0.1, -0.05) is 40.5 Å². The molecule has 1 N–H and O–H groups in total. The maximum absolute atomic E-state index is 12.6. The van der Waals surface area contributed by atoms with E-state index >= 15 is 0 Å². The summed E-state index contributed by atoms with van der Waals surface area (Å²) in [6.45, 7) is 3.43. The molecule has 8 nitrogen and oxygen atoms in total. The second kappa shape index (κ2) is 8.85. The molecule has 0 spiro atoms. The molecule has 0 fully saturated rings. The third-order valence-corrected chi connectivity index (χ3v) is 5.82. The molecule has 0 aliphatic rings. The fraction of sp³-hybridized carbons (Fsp3) is 0.250. The lowest BCUT2D eigenvalue weighted by Gasteiger charge is -2.28. The van der Waals surface area contributed by atoms with E-state index in [0.29, 0.717) is 16.5 Å². The van der Waals surface area contributed by atoms with Crippen molar-refractivity contribution in [2.24, 2.45) is 0 Å². The number of sulfonamides is 1. The Morgan fingerprint density at radius 3 is 2.57 bits per heavy atom. The van der Waals surface area contributed by atoms with Crippen LogP contribution in [0.5, 0.6) is 0 Å². The normalized spacial score (nSPS) is 12.4. The minimum atomic E-state index is -3.72. The molecule has 0 aliphatic heterocycles. The summed E-state index contributed by atoms with van der Waals surface area (Å²) in [5.74, 6) is 0.116. The van der Waals surface area contributed by atoms with E-state index in [1.807, 2.05) is 31.2 Å². The molecular weight excluding hydrogens is 428 g/mol. The van der Waals surface area contributed by atoms with Crippen molar-refractivity contribution in [2.75, 3.05) is 10.6 Å². The summed E-state index contributed by atoms with van der Waals surface area (Å²) in [5, 5.41) is 7.03. The zero-order chi connectivity index (χ0) is 21.9. The molecule has 10 heteroatoms. The minimum absolute atomic E-state index is 0.0276. The zero-order valence-corrected chi connectivity index (χ0v) is 18.2. The van der Waals surface area contributed by atoms with Gasteiger partial charge in [0.2, 0.25) is 27.6 Å². The summed E-state index contributed by atoms with van der Waals surface area (Å²) in [6.07, 6.45) is 1.04. The molecule has 0 radical (unpaired) electrons. The van der Waals surface area contributed by atoms with Gasteiger partial charge >= 0.3 is 0 Å². The van der Waals surface area contributed by atoms with Crippen molar-refractivity contribution in [3.63, 3.8) is 0 Å². The van der Waals surface area contributed by atoms with Gasteiger partial charge in [0.05, 0.1) is 18.5 Å². The SMILES string of the molecule is Cc1cccc(-c2noc(CNC(=O)C(C)N(c3ccc(Cl)cc3)S(C)(=O)=O)n2)c1. The van der Waals surface area contributed by atoms with Crippen LogP contribution in [0, 0.1) is 6.92 Å². The molecule has 158 valence electrons. The van der Waals surface area contributed by atoms with Gasteiger partial charge in [0, 0.05) is 10.6 Å². The van der Waals surface area contributed by atoms with E-state index < -0.39 is 22.0 Å². The van der Waals surface area contributed by atoms with Crippen molar-refractivity contribution in [1.82, 2.24) is 15.5 Å². The summed E-state index contributed by atoms with van der Waals surface area (Å²) in [5.41, 5.74) is 2.20. The highest BCUT2D eigenvalue weighted by Crippen LogP contribution is 2.23. The summed E-state index contributed by atoms with van der Waals surface area (Å²) < 4.78 is 30.8. The number of hydrogen-bond donors (Lipinski definition) is 1. The lowest BCUT2D eigenvalue weighted by Crippen LogP contribution is -2.47. The number of carbonyl (C=O) groups is 1. The van der Waals surface area contributed by atoms with Crippen LogP contribution in [-0.2, 0) is 21.4 Å². The summed E-state index contributed by atoms with van der Waals surface area (Å²) in [4.78, 5) is 16.9. The highest BCUT2D eigenvalue weighted by atomic mass is 35.5. The number of benzene rings is 2. The second-order valence-electron chi connectivity index (χ2n) is 6.81. The van der Waals surface area contributed by atoms with Crippen molar-refractivity contribution in [1.29, 1.82) is 0 Å². The molecule has 0 bridgehead atoms. The number of nitrogens with one attached hydrogen (secondary N) is 1. The van der Waals surface area contributed by atoms with Crippen LogP contribution in [0.3, 0.4) is 0 Å². The van der Waals surface area contributed by atoms with E-state index in [1.165, 1.54) is 6.92 Å². The molecule has 1 heterocycles. The van der Waals surface area contributed by atoms with E-state index in [4.69, 9.17) is 16.1 Å². The first-order chi connectivity index (χ1) is 14.1. The molecular formula is C20H21ClN4O4S. The van der Waals surface area contributed by atoms with Crippen molar-refractivity contribution >= 4 is 33.2 Å². The van der Waals surface area contributed by atoms with Crippen molar-refractivity contribution in [3.8, 4) is 11.4 Å². The molecule has 1 unspecified atom stereocenters. The number of hydrogen-bond acceptors (Lipinski definition) is 6. The van der Waals surface area contributed by atoms with E-state index in [9.17, 15) is 13.2 Å². The topological polar surface area (TPSA) is 105 Å². The number of aromatic nitrogens is 2. The zero-order valence-electron chi connectivity index (χ0n) is 16.7. The van der Waals surface area contributed by atoms with Crippen LogP contribution in [0.25, 0.3) is 11.4 Å². The Balaban J connectivity index is 1.71. The van der Waals surface area contributed by atoms with Gasteiger partial charge in [-0.3, -0.25) is 9.10 Å². The van der Waals surface area contributed by atoms with Gasteiger partial charge in [-0.25, -0.2) is 8.42 Å². The van der Waals surface area contributed by atoms with Crippen LogP contribution in [0.4, 0.5) is 5.69 Å². The first-order valence-corrected chi connectivity index (χ1v) is 11.3. The van der Waals surface area contributed by atoms with Gasteiger partial charge in [0.15, 0.2) is 0 Å². The van der Waals surface area contributed by atoms with Crippen LogP contribution in [0.2, 0.25) is 5.02 Å². The highest BCUT2D eigenvalue weighted by Gasteiger charge is 2.29. The molecule has 0 saturated heterocycles. The first-order valence-electron chi connectivity index (χ1n) is 9.07. The predicted octanol–water partition coefficient (Wildman–Crippen LogP) is 3.17. The first kappa shape index (κ1) is 21.8. The smallest absolute Gasteiger partial charge is 0.246 e. The lowest BCUT2D eigenvalue weighted by atomic mass is 10.1. The quantitative estimate of drug-likeness (QED) is 0.595. The molecule has 3 aromatic rings. The summed E-state index contributed by atoms with van der Waals surface area (Å²) >= 11 is 5.87. The van der Waals surface area contributed by atoms with Gasteiger partial charge in [-0.05, 0) is 44.2 Å². The molecule has 1 amide bonds. The molecule has 1 aromatic heterocycles. The predicted molar refractivity (Wildman–Crippen MR) is 115 cm³/mol. The van der Waals surface area contributed by atoms with Gasteiger partial charge in [0.25, 0.3) is 0 Å². The number of amides is 1. The standard InChI is InChI=1S/C20H21ClN4O4S/c1-13-5-4-6-15(11-13)19-23-18(29-24-19)12-22-20(26)14(2)25(30(3,27)28)17-9-7-16(21)8-10-17/h4-11,14H,12H2,1-3H3,(H,22,26). The number of halogens is 1. The molecule has 0 saturated carbocycles. The second-order valence-corrected chi connectivity index (χ2v) is 9.11. The Bertz CT molecular complexity index is 1150. The van der Waals surface area contributed by atoms with Crippen molar-refractivity contribution in [3.05, 3.63) is 65.0 Å². The van der Waals surface area contributed by atoms with E-state index in [1.54, 1.807) is 24.3 Å². The van der Waals surface area contributed by atoms with E-state index in [-0.39, 0.29) is 12.4 Å². The van der Waals surface area contributed by atoms with E-state index in [2.05, 4.69) is 15.5 Å². The van der Waals surface area contributed by atoms with Crippen LogP contribution < -0.4 is 9.62 Å². The third-order valence-electron chi connectivity index (χ3n) is 4.33. The fourth-order valence-corrected chi connectivity index (χ4v) is 4.24. The van der Waals surface area contributed by atoms with Crippen molar-refractivity contribution < 1.29 is 17.7 Å². The van der Waals surface area contributed by atoms with Crippen molar-refractivity contribution in [2.45, 2.75) is 26.4 Å². The third kappa shape index (κ3) is 5.17. The number of aryl methyl sites for hydroxylation is 1. The Morgan fingerprint density at radius 2 is 1.93 bits per heavy atom. The van der Waals surface area contributed by atoms with Crippen LogP contribution in [-0.4, -0.2) is 36.8 Å². The number of rotatable bonds is 7. The molecule has 2 aromatic carbocycles. The Labute approximate surface area is 179 Å². The maximum atomic E-state index is 12.6. The average molecular weight is 449 g/mol. The number of nitrogens with zero attached hydrogens (tertiary/aromatic N) is 3. The Kier molecular flexibility index (Phi) is 6.42. The molecule has 0 aliphatic carbocycles. The molecule has 30 heavy (non-hydrogen) atoms. The Hall–Kier alpha value is -2.91. The fourth-order valence-electron chi connectivity index (χ4n) is 2.94. The minimum Gasteiger partial charge on any atom is -0.345 e. The molecule has 3 rings (SSSR count). The largest absolute Gasteiger partial charge is 0.345 e. The van der Waals surface area contributed by atoms with Crippen LogP contribution >= 0.6 is 11.6 Å². The Morgan fingerprint density at radius 1 is 1.23 bits per heavy atom. The lowest BCUT2D eigenvalue weighted by molar-refractivity contribution is -0.122. The monoisotopic (exact) mass is 448 g/mol. The van der Waals surface area contributed by atoms with Crippen LogP contribution in [0.15, 0.2) is 53.1 Å². The van der Waals surface area contributed by atoms with Gasteiger partial charge in [-0.15, -0.1) is 0 Å². The highest BCUT2D eigenvalue weighted by molar-refractivity contribution is 7.92. The van der Waals surface area contributed by atoms with Gasteiger partial charge in [-0.2, -0.15) is 4.98 Å². The number of carbonyl (C=O) groups excluding carboxylic acids is 1.